The van der Waals surface area contributed by atoms with E-state index >= 15 is 0 Å². The third-order valence-corrected chi connectivity index (χ3v) is 7.79. The lowest BCUT2D eigenvalue weighted by Crippen LogP contribution is -2.62. The Labute approximate surface area is 203 Å². The standard InChI is InChI=1S/C28H36N4O2/c1-21-19-24(34-2)13-14-25(21)32-27(33)30-26(29-23-11-7-4-8-12-23)28(32)15-17-31(18-16-28)20-22-9-5-3-6-10-22/h3,5-6,9-10,13-14,19,23H,4,7-8,11-12,15-18,20H2,1-2H3,(H,29,30,33). The van der Waals surface area contributed by atoms with Gasteiger partial charge in [-0.15, -0.1) is 0 Å². The quantitative estimate of drug-likeness (QED) is 0.658. The number of hydrogen-bond acceptors (Lipinski definition) is 4. The van der Waals surface area contributed by atoms with Crippen LogP contribution in [0.4, 0.5) is 10.5 Å². The van der Waals surface area contributed by atoms with Gasteiger partial charge >= 0.3 is 6.03 Å². The van der Waals surface area contributed by atoms with Crippen LogP contribution >= 0.6 is 0 Å². The minimum Gasteiger partial charge on any atom is -0.497 e. The van der Waals surface area contributed by atoms with E-state index in [2.05, 4.69) is 52.5 Å². The average Bonchev–Trinajstić information content (AvgIpc) is 3.12. The molecule has 1 N–H and O–H groups in total. The van der Waals surface area contributed by atoms with E-state index in [0.717, 1.165) is 68.2 Å². The van der Waals surface area contributed by atoms with Gasteiger partial charge < -0.3 is 10.1 Å². The van der Waals surface area contributed by atoms with Crippen LogP contribution < -0.4 is 15.0 Å². The van der Waals surface area contributed by atoms with Crippen LogP contribution in [0.5, 0.6) is 5.75 Å². The molecule has 6 heteroatoms. The molecule has 2 fully saturated rings. The summed E-state index contributed by atoms with van der Waals surface area (Å²) in [4.78, 5) is 22.6. The number of benzene rings is 2. The van der Waals surface area contributed by atoms with E-state index in [1.807, 2.05) is 23.1 Å². The molecule has 5 rings (SSSR count). The highest BCUT2D eigenvalue weighted by atomic mass is 16.5. The number of carbonyl (C=O) groups is 1. The van der Waals surface area contributed by atoms with E-state index in [9.17, 15) is 4.79 Å². The number of amidine groups is 1. The molecule has 1 saturated carbocycles. The van der Waals surface area contributed by atoms with Gasteiger partial charge in [0.05, 0.1) is 7.11 Å². The monoisotopic (exact) mass is 460 g/mol. The number of urea groups is 1. The maximum Gasteiger partial charge on any atom is 0.350 e. The van der Waals surface area contributed by atoms with Crippen molar-refractivity contribution in [3.63, 3.8) is 0 Å². The number of anilines is 1. The minimum absolute atomic E-state index is 0.150. The van der Waals surface area contributed by atoms with E-state index in [1.54, 1.807) is 7.11 Å². The number of aryl methyl sites for hydroxylation is 1. The summed E-state index contributed by atoms with van der Waals surface area (Å²) in [5, 5.41) is 3.76. The summed E-state index contributed by atoms with van der Waals surface area (Å²) in [6.45, 7) is 4.85. The molecule has 1 saturated heterocycles. The number of nitrogens with one attached hydrogen (secondary N) is 1. The molecule has 2 aromatic carbocycles. The van der Waals surface area contributed by atoms with Crippen molar-refractivity contribution in [3.8, 4) is 5.75 Å². The zero-order chi connectivity index (χ0) is 23.5. The van der Waals surface area contributed by atoms with Crippen molar-refractivity contribution >= 4 is 17.6 Å². The first-order valence-corrected chi connectivity index (χ1v) is 12.7. The molecule has 2 amide bonds. The van der Waals surface area contributed by atoms with Crippen LogP contribution in [0, 0.1) is 6.92 Å². The smallest absolute Gasteiger partial charge is 0.350 e. The maximum absolute atomic E-state index is 13.4. The lowest BCUT2D eigenvalue weighted by atomic mass is 9.83. The SMILES string of the molecule is COc1ccc(N2C(=O)N=C(NC3CCCCC3)C23CCN(Cc2ccccc2)CC3)c(C)c1. The molecule has 0 radical (unpaired) electrons. The summed E-state index contributed by atoms with van der Waals surface area (Å²) in [7, 11) is 1.68. The zero-order valence-corrected chi connectivity index (χ0v) is 20.4. The molecule has 2 aromatic rings. The molecule has 0 bridgehead atoms. The van der Waals surface area contributed by atoms with E-state index in [-0.39, 0.29) is 6.03 Å². The molecule has 6 nitrogen and oxygen atoms in total. The van der Waals surface area contributed by atoms with Gasteiger partial charge in [0.15, 0.2) is 0 Å². The summed E-state index contributed by atoms with van der Waals surface area (Å²) in [5.41, 5.74) is 2.89. The molecule has 0 aromatic heterocycles. The van der Waals surface area contributed by atoms with Gasteiger partial charge in [0, 0.05) is 31.4 Å². The highest BCUT2D eigenvalue weighted by molar-refractivity contribution is 6.16. The van der Waals surface area contributed by atoms with E-state index < -0.39 is 5.54 Å². The maximum atomic E-state index is 13.4. The molecule has 0 atom stereocenters. The second-order valence-corrected chi connectivity index (χ2v) is 10.0. The number of amides is 2. The highest BCUT2D eigenvalue weighted by Crippen LogP contribution is 2.41. The van der Waals surface area contributed by atoms with Gasteiger partial charge in [-0.1, -0.05) is 49.6 Å². The number of hydrogen-bond donors (Lipinski definition) is 1. The lowest BCUT2D eigenvalue weighted by Gasteiger charge is -2.46. The predicted octanol–water partition coefficient (Wildman–Crippen LogP) is 5.30. The normalized spacial score (nSPS) is 21.1. The Morgan fingerprint density at radius 2 is 1.79 bits per heavy atom. The number of carbonyl (C=O) groups excluding carboxylic acids is 1. The fraction of sp³-hybridized carbons (Fsp3) is 0.500. The molecule has 180 valence electrons. The van der Waals surface area contributed by atoms with Crippen LogP contribution in [0.2, 0.25) is 0 Å². The Hall–Kier alpha value is -2.86. The van der Waals surface area contributed by atoms with Crippen LogP contribution in [-0.2, 0) is 6.54 Å². The number of aliphatic imine (C=N–C) groups is 1. The number of piperidine rings is 1. The van der Waals surface area contributed by atoms with Gasteiger partial charge in [0.1, 0.15) is 17.1 Å². The molecule has 2 aliphatic heterocycles. The Kier molecular flexibility index (Phi) is 6.59. The summed E-state index contributed by atoms with van der Waals surface area (Å²) in [5.74, 6) is 1.69. The Bertz CT molecular complexity index is 1040. The van der Waals surface area contributed by atoms with Gasteiger partial charge in [-0.25, -0.2) is 4.79 Å². The van der Waals surface area contributed by atoms with E-state index in [4.69, 9.17) is 4.74 Å². The van der Waals surface area contributed by atoms with Crippen LogP contribution in [0.1, 0.15) is 56.1 Å². The zero-order valence-electron chi connectivity index (χ0n) is 20.4. The van der Waals surface area contributed by atoms with Crippen molar-refractivity contribution in [2.24, 2.45) is 4.99 Å². The summed E-state index contributed by atoms with van der Waals surface area (Å²) >= 11 is 0. The van der Waals surface area contributed by atoms with Crippen molar-refractivity contribution in [1.82, 2.24) is 10.2 Å². The van der Waals surface area contributed by atoms with Gasteiger partial charge in [0.2, 0.25) is 0 Å². The first-order chi connectivity index (χ1) is 16.6. The number of nitrogens with zero attached hydrogens (tertiary/aromatic N) is 3. The van der Waals surface area contributed by atoms with Crippen LogP contribution in [0.15, 0.2) is 53.5 Å². The summed E-state index contributed by atoms with van der Waals surface area (Å²) in [6.07, 6.45) is 7.86. The van der Waals surface area contributed by atoms with Crippen LogP contribution in [-0.4, -0.2) is 48.5 Å². The van der Waals surface area contributed by atoms with Crippen molar-refractivity contribution in [1.29, 1.82) is 0 Å². The van der Waals surface area contributed by atoms with Crippen molar-refractivity contribution in [2.75, 3.05) is 25.1 Å². The summed E-state index contributed by atoms with van der Waals surface area (Å²) < 4.78 is 5.42. The number of ether oxygens (including phenoxy) is 1. The largest absolute Gasteiger partial charge is 0.497 e. The van der Waals surface area contributed by atoms with Crippen molar-refractivity contribution < 1.29 is 9.53 Å². The van der Waals surface area contributed by atoms with Crippen LogP contribution in [0.3, 0.4) is 0 Å². The first-order valence-electron chi connectivity index (χ1n) is 12.7. The van der Waals surface area contributed by atoms with Crippen LogP contribution in [0.25, 0.3) is 0 Å². The number of likely N-dealkylation sites (tertiary alicyclic amines) is 1. The lowest BCUT2D eigenvalue weighted by molar-refractivity contribution is 0.181. The third kappa shape index (κ3) is 4.43. The van der Waals surface area contributed by atoms with Gasteiger partial charge in [-0.2, -0.15) is 4.99 Å². The van der Waals surface area contributed by atoms with Gasteiger partial charge in [-0.3, -0.25) is 9.80 Å². The van der Waals surface area contributed by atoms with Crippen molar-refractivity contribution in [3.05, 3.63) is 59.7 Å². The topological polar surface area (TPSA) is 57.2 Å². The fourth-order valence-corrected chi connectivity index (χ4v) is 5.87. The van der Waals surface area contributed by atoms with Gasteiger partial charge in [-0.05, 0) is 61.9 Å². The molecular formula is C28H36N4O2. The average molecular weight is 461 g/mol. The molecular weight excluding hydrogens is 424 g/mol. The number of methoxy groups -OCH3 is 1. The molecule has 3 aliphatic rings. The van der Waals surface area contributed by atoms with Gasteiger partial charge in [0.25, 0.3) is 0 Å². The fourth-order valence-electron chi connectivity index (χ4n) is 5.87. The molecule has 1 aliphatic carbocycles. The Morgan fingerprint density at radius 1 is 1.06 bits per heavy atom. The predicted molar refractivity (Wildman–Crippen MR) is 137 cm³/mol. The number of rotatable bonds is 5. The molecule has 2 heterocycles. The van der Waals surface area contributed by atoms with Crippen molar-refractivity contribution in [2.45, 2.75) is 70.0 Å². The second-order valence-electron chi connectivity index (χ2n) is 10.0. The van der Waals surface area contributed by atoms with E-state index in [0.29, 0.717) is 6.04 Å². The Morgan fingerprint density at radius 3 is 2.47 bits per heavy atom. The molecule has 0 unspecified atom stereocenters. The third-order valence-electron chi connectivity index (χ3n) is 7.79. The Balaban J connectivity index is 1.42. The minimum atomic E-state index is -0.416. The first kappa shape index (κ1) is 22.9. The highest BCUT2D eigenvalue weighted by Gasteiger charge is 2.52. The summed E-state index contributed by atoms with van der Waals surface area (Å²) in [6, 6.07) is 16.9. The van der Waals surface area contributed by atoms with E-state index in [1.165, 1.54) is 24.8 Å². The second kappa shape index (κ2) is 9.79. The molecule has 34 heavy (non-hydrogen) atoms. The molecule has 1 spiro atoms.